The van der Waals surface area contributed by atoms with E-state index >= 15 is 0 Å². The standard InChI is InChI=1S/C19H18ClN3O2/c1-13-2-7-17-16(12-13)18(24)23(19(20)21-17)15-5-3-14(4-6-15)22-8-10-25-11-9-22/h2-7,12H,8-11H2,1H3. The minimum absolute atomic E-state index is 0.155. The first-order chi connectivity index (χ1) is 12.1. The normalized spacial score (nSPS) is 14.9. The van der Waals surface area contributed by atoms with E-state index in [1.54, 1.807) is 0 Å². The fourth-order valence-electron chi connectivity index (χ4n) is 3.13. The number of hydrogen-bond acceptors (Lipinski definition) is 4. The first kappa shape index (κ1) is 16.1. The van der Waals surface area contributed by atoms with Crippen LogP contribution in [0.4, 0.5) is 5.69 Å². The van der Waals surface area contributed by atoms with Crippen molar-refractivity contribution in [2.45, 2.75) is 6.92 Å². The molecular weight excluding hydrogens is 338 g/mol. The molecule has 0 N–H and O–H groups in total. The Morgan fingerprint density at radius 1 is 1.04 bits per heavy atom. The molecule has 128 valence electrons. The highest BCUT2D eigenvalue weighted by atomic mass is 35.5. The number of aryl methyl sites for hydroxylation is 1. The summed E-state index contributed by atoms with van der Waals surface area (Å²) in [6.07, 6.45) is 0. The van der Waals surface area contributed by atoms with E-state index in [0.717, 1.165) is 37.6 Å². The van der Waals surface area contributed by atoms with Crippen molar-refractivity contribution in [3.8, 4) is 5.69 Å². The van der Waals surface area contributed by atoms with Crippen molar-refractivity contribution in [1.82, 2.24) is 9.55 Å². The maximum Gasteiger partial charge on any atom is 0.266 e. The first-order valence-electron chi connectivity index (χ1n) is 8.25. The van der Waals surface area contributed by atoms with Gasteiger partial charge in [-0.2, -0.15) is 0 Å². The van der Waals surface area contributed by atoms with Crippen LogP contribution in [-0.2, 0) is 4.74 Å². The van der Waals surface area contributed by atoms with Gasteiger partial charge in [-0.1, -0.05) is 11.6 Å². The predicted molar refractivity (Wildman–Crippen MR) is 100 cm³/mol. The number of hydrogen-bond donors (Lipinski definition) is 0. The Morgan fingerprint density at radius 2 is 1.72 bits per heavy atom. The molecule has 0 atom stereocenters. The molecule has 0 unspecified atom stereocenters. The summed E-state index contributed by atoms with van der Waals surface area (Å²) in [5.74, 6) is 0. The number of rotatable bonds is 2. The van der Waals surface area contributed by atoms with Crippen LogP contribution in [-0.4, -0.2) is 35.9 Å². The molecule has 0 amide bonds. The van der Waals surface area contributed by atoms with Gasteiger partial charge in [0.2, 0.25) is 5.28 Å². The molecule has 25 heavy (non-hydrogen) atoms. The Balaban J connectivity index is 1.77. The van der Waals surface area contributed by atoms with Crippen LogP contribution in [0.25, 0.3) is 16.6 Å². The molecule has 1 aromatic heterocycles. The van der Waals surface area contributed by atoms with Gasteiger partial charge in [-0.15, -0.1) is 0 Å². The number of benzene rings is 2. The third kappa shape index (κ3) is 3.01. The van der Waals surface area contributed by atoms with Crippen molar-refractivity contribution in [2.24, 2.45) is 0 Å². The van der Waals surface area contributed by atoms with Crippen molar-refractivity contribution in [3.05, 3.63) is 63.7 Å². The number of halogens is 1. The van der Waals surface area contributed by atoms with Gasteiger partial charge >= 0.3 is 0 Å². The van der Waals surface area contributed by atoms with E-state index in [1.165, 1.54) is 4.57 Å². The maximum atomic E-state index is 12.9. The molecular formula is C19H18ClN3O2. The summed E-state index contributed by atoms with van der Waals surface area (Å²) in [4.78, 5) is 19.5. The molecule has 1 saturated heterocycles. The number of anilines is 1. The van der Waals surface area contributed by atoms with E-state index in [-0.39, 0.29) is 10.8 Å². The number of nitrogens with zero attached hydrogens (tertiary/aromatic N) is 3. The minimum Gasteiger partial charge on any atom is -0.378 e. The lowest BCUT2D eigenvalue weighted by Gasteiger charge is -2.29. The highest BCUT2D eigenvalue weighted by Gasteiger charge is 2.14. The van der Waals surface area contributed by atoms with Gasteiger partial charge in [-0.25, -0.2) is 4.98 Å². The van der Waals surface area contributed by atoms with Crippen LogP contribution in [0.1, 0.15) is 5.56 Å². The van der Waals surface area contributed by atoms with Crippen LogP contribution in [0, 0.1) is 6.92 Å². The molecule has 0 aliphatic carbocycles. The second-order valence-corrected chi connectivity index (χ2v) is 6.50. The van der Waals surface area contributed by atoms with E-state index in [9.17, 15) is 4.79 Å². The van der Waals surface area contributed by atoms with Crippen molar-refractivity contribution in [3.63, 3.8) is 0 Å². The third-order valence-electron chi connectivity index (χ3n) is 4.47. The second-order valence-electron chi connectivity index (χ2n) is 6.16. The molecule has 2 aromatic carbocycles. The summed E-state index contributed by atoms with van der Waals surface area (Å²) in [6.45, 7) is 5.17. The van der Waals surface area contributed by atoms with E-state index in [1.807, 2.05) is 49.4 Å². The molecule has 0 bridgehead atoms. The summed E-state index contributed by atoms with van der Waals surface area (Å²) in [5.41, 5.74) is 3.30. The quantitative estimate of drug-likeness (QED) is 0.662. The molecule has 4 rings (SSSR count). The summed E-state index contributed by atoms with van der Waals surface area (Å²) >= 11 is 6.30. The predicted octanol–water partition coefficient (Wildman–Crippen LogP) is 3.18. The van der Waals surface area contributed by atoms with Crippen LogP contribution in [0.15, 0.2) is 47.3 Å². The topological polar surface area (TPSA) is 47.4 Å². The largest absolute Gasteiger partial charge is 0.378 e. The highest BCUT2D eigenvalue weighted by molar-refractivity contribution is 6.29. The fraction of sp³-hybridized carbons (Fsp3) is 0.263. The second kappa shape index (κ2) is 6.50. The van der Waals surface area contributed by atoms with Gasteiger partial charge in [0, 0.05) is 18.8 Å². The Morgan fingerprint density at radius 3 is 2.44 bits per heavy atom. The monoisotopic (exact) mass is 355 g/mol. The zero-order valence-corrected chi connectivity index (χ0v) is 14.7. The van der Waals surface area contributed by atoms with Gasteiger partial charge in [-0.05, 0) is 54.9 Å². The lowest BCUT2D eigenvalue weighted by atomic mass is 10.1. The van der Waals surface area contributed by atoms with Crippen LogP contribution < -0.4 is 10.5 Å². The molecule has 1 aliphatic rings. The van der Waals surface area contributed by atoms with E-state index < -0.39 is 0 Å². The summed E-state index contributed by atoms with van der Waals surface area (Å²) in [7, 11) is 0. The number of ether oxygens (including phenoxy) is 1. The van der Waals surface area contributed by atoms with E-state index in [2.05, 4.69) is 9.88 Å². The zero-order valence-electron chi connectivity index (χ0n) is 13.9. The zero-order chi connectivity index (χ0) is 17.4. The Labute approximate surface area is 150 Å². The van der Waals surface area contributed by atoms with Gasteiger partial charge in [0.15, 0.2) is 0 Å². The van der Waals surface area contributed by atoms with Gasteiger partial charge in [0.1, 0.15) is 0 Å². The van der Waals surface area contributed by atoms with Crippen molar-refractivity contribution in [2.75, 3.05) is 31.2 Å². The van der Waals surface area contributed by atoms with Crippen molar-refractivity contribution in [1.29, 1.82) is 0 Å². The van der Waals surface area contributed by atoms with Gasteiger partial charge < -0.3 is 9.64 Å². The van der Waals surface area contributed by atoms with Crippen molar-refractivity contribution < 1.29 is 4.74 Å². The van der Waals surface area contributed by atoms with Crippen LogP contribution in [0.5, 0.6) is 0 Å². The molecule has 1 fully saturated rings. The fourth-order valence-corrected chi connectivity index (χ4v) is 3.40. The number of aromatic nitrogens is 2. The van der Waals surface area contributed by atoms with Crippen LogP contribution in [0.2, 0.25) is 5.28 Å². The van der Waals surface area contributed by atoms with Gasteiger partial charge in [0.05, 0.1) is 29.8 Å². The lowest BCUT2D eigenvalue weighted by molar-refractivity contribution is 0.122. The Bertz CT molecular complexity index is 976. The summed E-state index contributed by atoms with van der Waals surface area (Å²) < 4.78 is 6.83. The number of fused-ring (bicyclic) bond motifs is 1. The molecule has 0 radical (unpaired) electrons. The average Bonchev–Trinajstić information content (AvgIpc) is 2.64. The van der Waals surface area contributed by atoms with E-state index in [0.29, 0.717) is 16.6 Å². The molecule has 3 aromatic rings. The minimum atomic E-state index is -0.155. The number of morpholine rings is 1. The summed E-state index contributed by atoms with van der Waals surface area (Å²) in [5, 5.41) is 0.738. The molecule has 0 saturated carbocycles. The Hall–Kier alpha value is -2.37. The molecule has 0 spiro atoms. The SMILES string of the molecule is Cc1ccc2nc(Cl)n(-c3ccc(N4CCOCC4)cc3)c(=O)c2c1. The first-order valence-corrected chi connectivity index (χ1v) is 8.63. The highest BCUT2D eigenvalue weighted by Crippen LogP contribution is 2.21. The summed E-state index contributed by atoms with van der Waals surface area (Å²) in [6, 6.07) is 13.4. The molecule has 1 aliphatic heterocycles. The lowest BCUT2D eigenvalue weighted by Crippen LogP contribution is -2.36. The Kier molecular flexibility index (Phi) is 4.19. The average molecular weight is 356 g/mol. The maximum absolute atomic E-state index is 12.9. The third-order valence-corrected chi connectivity index (χ3v) is 4.72. The van der Waals surface area contributed by atoms with E-state index in [4.69, 9.17) is 16.3 Å². The smallest absolute Gasteiger partial charge is 0.266 e. The molecule has 5 nitrogen and oxygen atoms in total. The van der Waals surface area contributed by atoms with Crippen LogP contribution >= 0.6 is 11.6 Å². The molecule has 6 heteroatoms. The van der Waals surface area contributed by atoms with Crippen LogP contribution in [0.3, 0.4) is 0 Å². The van der Waals surface area contributed by atoms with Gasteiger partial charge in [0.25, 0.3) is 5.56 Å². The molecule has 2 heterocycles. The van der Waals surface area contributed by atoms with Gasteiger partial charge in [-0.3, -0.25) is 9.36 Å². The van der Waals surface area contributed by atoms with Crippen molar-refractivity contribution >= 4 is 28.2 Å².